The minimum atomic E-state index is -5.89. The molecular formula is C8H12F5NO2. The minimum absolute atomic E-state index is 0.129. The van der Waals surface area contributed by atoms with E-state index in [0.29, 0.717) is 0 Å². The molecule has 8 heteroatoms. The zero-order chi connectivity index (χ0) is 13.0. The Kier molecular flexibility index (Phi) is 5.11. The zero-order valence-electron chi connectivity index (χ0n) is 8.70. The fraction of sp³-hybridized carbons (Fsp3) is 0.875. The number of ether oxygens (including phenoxy) is 1. The summed E-state index contributed by atoms with van der Waals surface area (Å²) in [5.74, 6) is -7.74. The molecule has 1 atom stereocenters. The van der Waals surface area contributed by atoms with Crippen molar-refractivity contribution in [2.24, 2.45) is 0 Å². The van der Waals surface area contributed by atoms with Gasteiger partial charge in [-0.3, -0.25) is 4.79 Å². The Labute approximate surface area is 88.9 Å². The van der Waals surface area contributed by atoms with Crippen LogP contribution in [0.1, 0.15) is 13.3 Å². The Morgan fingerprint density at radius 1 is 1.31 bits per heavy atom. The van der Waals surface area contributed by atoms with Crippen LogP contribution in [0.2, 0.25) is 0 Å². The predicted octanol–water partition coefficient (Wildman–Crippen LogP) is 1.73. The van der Waals surface area contributed by atoms with Gasteiger partial charge in [0.25, 0.3) is 0 Å². The van der Waals surface area contributed by atoms with Gasteiger partial charge in [0.15, 0.2) is 0 Å². The highest BCUT2D eigenvalue weighted by atomic mass is 19.4. The maximum Gasteiger partial charge on any atom is 0.463 e. The molecule has 0 heterocycles. The number of methoxy groups -OCH3 is 1. The van der Waals surface area contributed by atoms with Crippen LogP contribution >= 0.6 is 0 Å². The zero-order valence-corrected chi connectivity index (χ0v) is 8.70. The molecule has 1 unspecified atom stereocenters. The first-order chi connectivity index (χ1) is 7.16. The van der Waals surface area contributed by atoms with E-state index in [1.807, 2.05) is 0 Å². The number of halogens is 5. The summed E-state index contributed by atoms with van der Waals surface area (Å²) in [7, 11) is 1.25. The summed E-state index contributed by atoms with van der Waals surface area (Å²) in [5.41, 5.74) is 0. The van der Waals surface area contributed by atoms with E-state index < -0.39 is 24.0 Å². The van der Waals surface area contributed by atoms with E-state index in [9.17, 15) is 26.7 Å². The standard InChI is InChI=1S/C8H12F5NO2/c1-3-5(4-16-2)14-6(15)7(9,10)8(11,12)13/h5H,3-4H2,1-2H3,(H,14,15). The molecular weight excluding hydrogens is 237 g/mol. The molecule has 0 radical (unpaired) electrons. The van der Waals surface area contributed by atoms with Crippen molar-refractivity contribution in [1.29, 1.82) is 0 Å². The Balaban J connectivity index is 4.56. The second kappa shape index (κ2) is 5.42. The van der Waals surface area contributed by atoms with E-state index in [4.69, 9.17) is 0 Å². The number of rotatable bonds is 5. The number of alkyl halides is 5. The van der Waals surface area contributed by atoms with Crippen LogP contribution in [-0.2, 0) is 9.53 Å². The van der Waals surface area contributed by atoms with E-state index >= 15 is 0 Å². The maximum atomic E-state index is 12.5. The molecule has 0 aliphatic rings. The van der Waals surface area contributed by atoms with Crippen LogP contribution in [0.4, 0.5) is 22.0 Å². The first-order valence-electron chi connectivity index (χ1n) is 4.41. The number of hydrogen-bond acceptors (Lipinski definition) is 2. The summed E-state index contributed by atoms with van der Waals surface area (Å²) in [6.07, 6.45) is -5.70. The SMILES string of the molecule is CCC(COC)NC(=O)C(F)(F)C(F)(F)F. The average Bonchev–Trinajstić information content (AvgIpc) is 2.15. The van der Waals surface area contributed by atoms with Crippen molar-refractivity contribution in [2.75, 3.05) is 13.7 Å². The van der Waals surface area contributed by atoms with E-state index in [1.165, 1.54) is 14.0 Å². The predicted molar refractivity (Wildman–Crippen MR) is 45.1 cm³/mol. The quantitative estimate of drug-likeness (QED) is 0.753. The number of amides is 1. The second-order valence-corrected chi connectivity index (χ2v) is 3.11. The van der Waals surface area contributed by atoms with Crippen molar-refractivity contribution in [1.82, 2.24) is 5.32 Å². The summed E-state index contributed by atoms with van der Waals surface area (Å²) in [4.78, 5) is 10.7. The molecule has 0 aliphatic carbocycles. The van der Waals surface area contributed by atoms with Gasteiger partial charge in [-0.2, -0.15) is 22.0 Å². The molecule has 0 rings (SSSR count). The average molecular weight is 249 g/mol. The monoisotopic (exact) mass is 249 g/mol. The molecule has 0 saturated carbocycles. The highest BCUT2D eigenvalue weighted by Crippen LogP contribution is 2.35. The number of carbonyl (C=O) groups is 1. The van der Waals surface area contributed by atoms with Crippen molar-refractivity contribution in [3.8, 4) is 0 Å². The fourth-order valence-corrected chi connectivity index (χ4v) is 0.868. The maximum absolute atomic E-state index is 12.5. The van der Waals surface area contributed by atoms with Gasteiger partial charge in [-0.15, -0.1) is 0 Å². The van der Waals surface area contributed by atoms with Crippen LogP contribution in [0, 0.1) is 0 Å². The Hall–Kier alpha value is -0.920. The summed E-state index contributed by atoms with van der Waals surface area (Å²) in [6, 6.07) is -0.870. The molecule has 0 aromatic carbocycles. The third-order valence-corrected chi connectivity index (χ3v) is 1.84. The molecule has 0 fully saturated rings. The molecule has 0 aromatic rings. The van der Waals surface area contributed by atoms with Crippen molar-refractivity contribution >= 4 is 5.91 Å². The molecule has 0 aromatic heterocycles. The third kappa shape index (κ3) is 3.58. The topological polar surface area (TPSA) is 38.3 Å². The molecule has 0 saturated heterocycles. The summed E-state index contributed by atoms with van der Waals surface area (Å²) >= 11 is 0. The summed E-state index contributed by atoms with van der Waals surface area (Å²) < 4.78 is 64.9. The Bertz CT molecular complexity index is 241. The van der Waals surface area contributed by atoms with Gasteiger partial charge in [-0.25, -0.2) is 0 Å². The Morgan fingerprint density at radius 3 is 2.12 bits per heavy atom. The highest BCUT2D eigenvalue weighted by molar-refractivity contribution is 5.84. The molecule has 96 valence electrons. The van der Waals surface area contributed by atoms with Crippen molar-refractivity contribution < 1.29 is 31.5 Å². The fourth-order valence-electron chi connectivity index (χ4n) is 0.868. The van der Waals surface area contributed by atoms with Crippen LogP contribution in [0.15, 0.2) is 0 Å². The van der Waals surface area contributed by atoms with Crippen LogP contribution < -0.4 is 5.32 Å². The lowest BCUT2D eigenvalue weighted by Crippen LogP contribution is -2.53. The van der Waals surface area contributed by atoms with Crippen LogP contribution in [-0.4, -0.2) is 37.8 Å². The lowest BCUT2D eigenvalue weighted by atomic mass is 10.2. The largest absolute Gasteiger partial charge is 0.463 e. The molecule has 1 N–H and O–H groups in total. The van der Waals surface area contributed by atoms with E-state index in [1.54, 1.807) is 5.32 Å². The van der Waals surface area contributed by atoms with Crippen LogP contribution in [0.3, 0.4) is 0 Å². The van der Waals surface area contributed by atoms with Crippen molar-refractivity contribution in [2.45, 2.75) is 31.5 Å². The summed E-state index contributed by atoms with van der Waals surface area (Å²) in [6.45, 7) is 1.39. The van der Waals surface area contributed by atoms with Gasteiger partial charge in [0.05, 0.1) is 12.6 Å². The van der Waals surface area contributed by atoms with Gasteiger partial charge in [0, 0.05) is 7.11 Å². The first kappa shape index (κ1) is 15.1. The number of hydrogen-bond donors (Lipinski definition) is 1. The Morgan fingerprint density at radius 2 is 1.81 bits per heavy atom. The third-order valence-electron chi connectivity index (χ3n) is 1.84. The lowest BCUT2D eigenvalue weighted by Gasteiger charge is -2.22. The van der Waals surface area contributed by atoms with E-state index in [2.05, 4.69) is 4.74 Å². The first-order valence-corrected chi connectivity index (χ1v) is 4.41. The van der Waals surface area contributed by atoms with Crippen LogP contribution in [0.25, 0.3) is 0 Å². The number of nitrogens with one attached hydrogen (secondary N) is 1. The molecule has 0 aliphatic heterocycles. The highest BCUT2D eigenvalue weighted by Gasteiger charge is 2.63. The van der Waals surface area contributed by atoms with Gasteiger partial charge in [-0.1, -0.05) is 6.92 Å². The van der Waals surface area contributed by atoms with Crippen molar-refractivity contribution in [3.05, 3.63) is 0 Å². The second-order valence-electron chi connectivity index (χ2n) is 3.11. The lowest BCUT2D eigenvalue weighted by molar-refractivity contribution is -0.270. The normalized spacial score (nSPS) is 14.7. The van der Waals surface area contributed by atoms with E-state index in [-0.39, 0.29) is 13.0 Å². The smallest absolute Gasteiger partial charge is 0.383 e. The van der Waals surface area contributed by atoms with Gasteiger partial charge >= 0.3 is 18.0 Å². The van der Waals surface area contributed by atoms with Gasteiger partial charge in [0.2, 0.25) is 0 Å². The molecule has 0 spiro atoms. The summed E-state index contributed by atoms with van der Waals surface area (Å²) in [5, 5.41) is 1.58. The molecule has 0 bridgehead atoms. The van der Waals surface area contributed by atoms with Gasteiger partial charge in [0.1, 0.15) is 0 Å². The molecule has 1 amide bonds. The minimum Gasteiger partial charge on any atom is -0.383 e. The van der Waals surface area contributed by atoms with Crippen LogP contribution in [0.5, 0.6) is 0 Å². The van der Waals surface area contributed by atoms with Crippen molar-refractivity contribution in [3.63, 3.8) is 0 Å². The van der Waals surface area contributed by atoms with Gasteiger partial charge in [-0.05, 0) is 6.42 Å². The molecule has 3 nitrogen and oxygen atoms in total. The molecule has 16 heavy (non-hydrogen) atoms. The van der Waals surface area contributed by atoms with E-state index in [0.717, 1.165) is 0 Å². The van der Waals surface area contributed by atoms with Gasteiger partial charge < -0.3 is 10.1 Å². The number of carbonyl (C=O) groups excluding carboxylic acids is 1.